The first-order valence-electron chi connectivity index (χ1n) is 13.7. The van der Waals surface area contributed by atoms with Crippen molar-refractivity contribution in [3.63, 3.8) is 0 Å². The fourth-order valence-electron chi connectivity index (χ4n) is 6.35. The van der Waals surface area contributed by atoms with Crippen molar-refractivity contribution in [2.75, 3.05) is 45.0 Å². The highest BCUT2D eigenvalue weighted by Crippen LogP contribution is 2.56. The number of ketones is 2. The highest BCUT2D eigenvalue weighted by molar-refractivity contribution is 6.24. The zero-order chi connectivity index (χ0) is 32.6. The lowest BCUT2D eigenvalue weighted by molar-refractivity contribution is -0.161. The summed E-state index contributed by atoms with van der Waals surface area (Å²) in [5.41, 5.74) is -1.52. The number of primary amides is 1. The van der Waals surface area contributed by atoms with E-state index in [1.807, 2.05) is 20.8 Å². The number of Topliss-reactive ketones (excluding diaryl/α,β-unsaturated/α-hetero) is 2. The summed E-state index contributed by atoms with van der Waals surface area (Å²) in [4.78, 5) is 55.2. The van der Waals surface area contributed by atoms with E-state index in [0.29, 0.717) is 5.69 Å². The summed E-state index contributed by atoms with van der Waals surface area (Å²) < 4.78 is 0. The molecule has 0 aliphatic heterocycles. The second-order valence-corrected chi connectivity index (χ2v) is 12.9. The molecule has 1 aromatic rings. The summed E-state index contributed by atoms with van der Waals surface area (Å²) in [6, 6.07) is 0.120. The first-order valence-corrected chi connectivity index (χ1v) is 13.7. The third-order valence-electron chi connectivity index (χ3n) is 8.29. The molecule has 14 heteroatoms. The molecule has 0 aromatic heterocycles. The van der Waals surface area contributed by atoms with Crippen LogP contribution in [0.3, 0.4) is 0 Å². The molecule has 9 N–H and O–H groups in total. The summed E-state index contributed by atoms with van der Waals surface area (Å²) in [7, 11) is 6.26. The number of nitrogens with two attached hydrogens (primary N) is 1. The first-order chi connectivity index (χ1) is 19.7. The van der Waals surface area contributed by atoms with Crippen LogP contribution in [-0.2, 0) is 25.6 Å². The van der Waals surface area contributed by atoms with Gasteiger partial charge in [-0.15, -0.1) is 0 Å². The number of phenolic OH excluding ortho intramolecular Hbond substituents is 1. The predicted octanol–water partition coefficient (Wildman–Crippen LogP) is -0.528. The van der Waals surface area contributed by atoms with Gasteiger partial charge in [0.05, 0.1) is 29.4 Å². The van der Waals surface area contributed by atoms with E-state index in [0.717, 1.165) is 0 Å². The van der Waals surface area contributed by atoms with Gasteiger partial charge in [-0.2, -0.15) is 0 Å². The van der Waals surface area contributed by atoms with Crippen LogP contribution in [0.15, 0.2) is 23.0 Å². The molecule has 1 fully saturated rings. The maximum absolute atomic E-state index is 14.1. The highest BCUT2D eigenvalue weighted by Gasteiger charge is 2.67. The number of carbonyl (C=O) groups excluding carboxylic acids is 4. The van der Waals surface area contributed by atoms with Gasteiger partial charge < -0.3 is 46.8 Å². The van der Waals surface area contributed by atoms with E-state index in [9.17, 15) is 44.7 Å². The normalized spacial score (nSPS) is 27.1. The molecule has 3 aliphatic carbocycles. The number of benzene rings is 1. The molecule has 1 aromatic carbocycles. The van der Waals surface area contributed by atoms with Gasteiger partial charge >= 0.3 is 0 Å². The van der Waals surface area contributed by atoms with Crippen molar-refractivity contribution in [1.82, 2.24) is 10.2 Å². The molecule has 234 valence electrons. The average Bonchev–Trinajstić information content (AvgIpc) is 2.85. The molecule has 0 bridgehead atoms. The molecule has 4 rings (SSSR count). The molecule has 1 unspecified atom stereocenters. The minimum atomic E-state index is -2.91. The van der Waals surface area contributed by atoms with Gasteiger partial charge in [-0.1, -0.05) is 0 Å². The minimum Gasteiger partial charge on any atom is -0.508 e. The fourth-order valence-corrected chi connectivity index (χ4v) is 6.35. The number of aliphatic hydroxyl groups is 4. The third kappa shape index (κ3) is 4.93. The first kappa shape index (κ1) is 31.9. The fraction of sp³-hybridized carbons (Fsp3) is 0.517. The van der Waals surface area contributed by atoms with Crippen LogP contribution >= 0.6 is 0 Å². The van der Waals surface area contributed by atoms with E-state index in [4.69, 9.17) is 5.73 Å². The summed E-state index contributed by atoms with van der Waals surface area (Å²) in [6.45, 7) is 5.51. The van der Waals surface area contributed by atoms with Crippen molar-refractivity contribution in [2.24, 2.45) is 11.7 Å². The smallest absolute Gasteiger partial charge is 0.255 e. The molecule has 4 atom stereocenters. The van der Waals surface area contributed by atoms with Gasteiger partial charge in [0.1, 0.15) is 28.4 Å². The average molecular weight is 602 g/mol. The van der Waals surface area contributed by atoms with Gasteiger partial charge in [0.25, 0.3) is 5.91 Å². The lowest BCUT2D eigenvalue weighted by atomic mass is 9.55. The Hall–Kier alpha value is -3.98. The molecule has 3 aliphatic rings. The van der Waals surface area contributed by atoms with Gasteiger partial charge in [-0.3, -0.25) is 24.1 Å². The van der Waals surface area contributed by atoms with Gasteiger partial charge in [0.2, 0.25) is 11.7 Å². The quantitative estimate of drug-likeness (QED) is 0.152. The lowest BCUT2D eigenvalue weighted by Gasteiger charge is -2.53. The van der Waals surface area contributed by atoms with E-state index in [1.54, 1.807) is 19.0 Å². The van der Waals surface area contributed by atoms with Gasteiger partial charge in [0, 0.05) is 37.7 Å². The Morgan fingerprint density at radius 3 is 2.21 bits per heavy atom. The van der Waals surface area contributed by atoms with Crippen molar-refractivity contribution >= 4 is 40.5 Å². The molecule has 43 heavy (non-hydrogen) atoms. The number of aromatic hydroxyl groups is 1. The number of phenols is 1. The summed E-state index contributed by atoms with van der Waals surface area (Å²) in [5.74, 6) is -8.36. The maximum atomic E-state index is 14.1. The van der Waals surface area contributed by atoms with E-state index in [1.165, 1.54) is 25.1 Å². The SMILES string of the molecule is CN(C)c1cc(NC(=O)CNC(C)(C)C)c(O)c2c1CC1(O)C[C@H]3[C@H](N(C)C)C(=O)C(C(N)=O)=C(O)[C@@]3(O)C(=O)C1=C2O. The Morgan fingerprint density at radius 1 is 1.09 bits per heavy atom. The number of nitrogens with zero attached hydrogens (tertiary/aromatic N) is 2. The Balaban J connectivity index is 1.94. The highest BCUT2D eigenvalue weighted by atomic mass is 16.4. The summed E-state index contributed by atoms with van der Waals surface area (Å²) in [5, 5.41) is 63.2. The Morgan fingerprint density at radius 2 is 1.70 bits per heavy atom. The van der Waals surface area contributed by atoms with Crippen molar-refractivity contribution in [2.45, 2.75) is 56.4 Å². The van der Waals surface area contributed by atoms with Crippen LogP contribution in [0.25, 0.3) is 5.76 Å². The maximum Gasteiger partial charge on any atom is 0.255 e. The molecule has 0 heterocycles. The number of fused-ring (bicyclic) bond motifs is 3. The van der Waals surface area contributed by atoms with E-state index < -0.39 is 81.4 Å². The van der Waals surface area contributed by atoms with E-state index in [2.05, 4.69) is 10.6 Å². The number of amides is 2. The molecular weight excluding hydrogens is 562 g/mol. The van der Waals surface area contributed by atoms with Gasteiger partial charge in [-0.25, -0.2) is 0 Å². The number of likely N-dealkylation sites (N-methyl/N-ethyl adjacent to an activating group) is 1. The van der Waals surface area contributed by atoms with Crippen LogP contribution in [0.5, 0.6) is 5.75 Å². The Bertz CT molecular complexity index is 1510. The van der Waals surface area contributed by atoms with Crippen LogP contribution in [0.4, 0.5) is 11.4 Å². The second kappa shape index (κ2) is 10.3. The van der Waals surface area contributed by atoms with Crippen molar-refractivity contribution in [1.29, 1.82) is 0 Å². The molecule has 0 radical (unpaired) electrons. The zero-order valence-corrected chi connectivity index (χ0v) is 25.2. The number of aliphatic hydroxyl groups excluding tert-OH is 2. The Labute approximate surface area is 248 Å². The summed E-state index contributed by atoms with van der Waals surface area (Å²) in [6.07, 6.45) is -0.841. The third-order valence-corrected chi connectivity index (χ3v) is 8.29. The van der Waals surface area contributed by atoms with Crippen LogP contribution < -0.4 is 21.3 Å². The van der Waals surface area contributed by atoms with Crippen molar-refractivity contribution in [3.05, 3.63) is 34.1 Å². The number of rotatable bonds is 6. The number of hydrogen-bond donors (Lipinski definition) is 8. The summed E-state index contributed by atoms with van der Waals surface area (Å²) >= 11 is 0. The largest absolute Gasteiger partial charge is 0.508 e. The number of carbonyl (C=O) groups is 4. The van der Waals surface area contributed by atoms with Crippen LogP contribution in [0, 0.1) is 5.92 Å². The molecule has 0 saturated heterocycles. The van der Waals surface area contributed by atoms with Gasteiger partial charge in [0.15, 0.2) is 11.4 Å². The lowest BCUT2D eigenvalue weighted by Crippen LogP contribution is -2.69. The Kier molecular flexibility index (Phi) is 7.67. The standard InChI is InChI=1S/C29H39N5O9/c1-27(2,3)31-11-16(35)32-14-8-15(33(4)5)12-9-28(42)10-13-20(34(6)7)23(38)18(26(30)41)24(39)29(13,43)25(40)19(28)22(37)17(12)21(14)36/h8,13,20,31,36-37,39,42-43H,9-11H2,1-7H3,(H2,30,41)(H,32,35)/t13-,20-,28?,29+/m0/s1. The molecule has 0 spiro atoms. The number of nitrogens with one attached hydrogen (secondary N) is 2. The van der Waals surface area contributed by atoms with Crippen LogP contribution in [0.2, 0.25) is 0 Å². The number of anilines is 2. The molecular formula is C29H39N5O9. The molecule has 14 nitrogen and oxygen atoms in total. The van der Waals surface area contributed by atoms with E-state index in [-0.39, 0.29) is 35.3 Å². The van der Waals surface area contributed by atoms with Crippen LogP contribution in [-0.4, -0.2) is 111 Å². The number of hydrogen-bond acceptors (Lipinski definition) is 12. The van der Waals surface area contributed by atoms with Crippen molar-refractivity contribution < 1.29 is 44.7 Å². The zero-order valence-electron chi connectivity index (χ0n) is 25.2. The van der Waals surface area contributed by atoms with Crippen LogP contribution in [0.1, 0.15) is 38.3 Å². The van der Waals surface area contributed by atoms with Gasteiger partial charge in [-0.05, 0) is 52.9 Å². The second-order valence-electron chi connectivity index (χ2n) is 12.9. The van der Waals surface area contributed by atoms with E-state index >= 15 is 0 Å². The topological polar surface area (TPSA) is 226 Å². The monoisotopic (exact) mass is 601 g/mol. The van der Waals surface area contributed by atoms with Crippen molar-refractivity contribution in [3.8, 4) is 5.75 Å². The molecule has 1 saturated carbocycles. The minimum absolute atomic E-state index is 0.0877. The predicted molar refractivity (Wildman–Crippen MR) is 156 cm³/mol. The molecule has 2 amide bonds.